The number of ether oxygens (including phenoxy) is 2. The van der Waals surface area contributed by atoms with Crippen LogP contribution in [0.1, 0.15) is 0 Å². The first kappa shape index (κ1) is 18.0. The zero-order valence-electron chi connectivity index (χ0n) is 13.1. The van der Waals surface area contributed by atoms with E-state index in [1.807, 2.05) is 24.3 Å². The second kappa shape index (κ2) is 9.09. The highest BCUT2D eigenvalue weighted by Gasteiger charge is 2.04. The molecular formula is C16H16N2O4S2. The quantitative estimate of drug-likeness (QED) is 0.783. The first-order chi connectivity index (χ1) is 11.6. The number of carbonyl (C=O) groups is 2. The van der Waals surface area contributed by atoms with Gasteiger partial charge in [0.15, 0.2) is 0 Å². The summed E-state index contributed by atoms with van der Waals surface area (Å²) in [6.07, 6.45) is -0.993. The molecule has 2 aromatic rings. The lowest BCUT2D eigenvalue weighted by molar-refractivity contribution is 0.202. The van der Waals surface area contributed by atoms with Crippen molar-refractivity contribution in [3.63, 3.8) is 0 Å². The number of amides is 2. The summed E-state index contributed by atoms with van der Waals surface area (Å²) in [5, 5.41) is 4.78. The van der Waals surface area contributed by atoms with Gasteiger partial charge in [-0.05, 0) is 48.5 Å². The number of hydrogen-bond donors (Lipinski definition) is 2. The zero-order chi connectivity index (χ0) is 17.4. The van der Waals surface area contributed by atoms with E-state index in [4.69, 9.17) is 9.47 Å². The van der Waals surface area contributed by atoms with Gasteiger partial charge in [-0.3, -0.25) is 0 Å². The molecule has 0 aliphatic heterocycles. The van der Waals surface area contributed by atoms with E-state index in [1.165, 1.54) is 14.1 Å². The molecule has 0 aliphatic carbocycles. The third-order valence-corrected chi connectivity index (χ3v) is 5.13. The molecule has 2 amide bonds. The van der Waals surface area contributed by atoms with Crippen molar-refractivity contribution in [1.29, 1.82) is 0 Å². The van der Waals surface area contributed by atoms with E-state index in [1.54, 1.807) is 45.9 Å². The average molecular weight is 364 g/mol. The van der Waals surface area contributed by atoms with E-state index < -0.39 is 12.2 Å². The van der Waals surface area contributed by atoms with Crippen LogP contribution < -0.4 is 20.1 Å². The minimum Gasteiger partial charge on any atom is -0.410 e. The number of benzene rings is 2. The molecule has 8 heteroatoms. The van der Waals surface area contributed by atoms with Gasteiger partial charge in [0.25, 0.3) is 0 Å². The average Bonchev–Trinajstić information content (AvgIpc) is 2.62. The highest BCUT2D eigenvalue weighted by Crippen LogP contribution is 2.38. The number of hydrogen-bond acceptors (Lipinski definition) is 6. The van der Waals surface area contributed by atoms with Gasteiger partial charge in [-0.1, -0.05) is 21.6 Å². The molecule has 0 bridgehead atoms. The predicted molar refractivity (Wildman–Crippen MR) is 94.8 cm³/mol. The molecule has 2 rings (SSSR count). The third kappa shape index (κ3) is 5.71. The predicted octanol–water partition coefficient (Wildman–Crippen LogP) is 3.92. The zero-order valence-corrected chi connectivity index (χ0v) is 14.7. The van der Waals surface area contributed by atoms with Crippen LogP contribution >= 0.6 is 21.6 Å². The molecule has 0 unspecified atom stereocenters. The molecule has 0 saturated carbocycles. The monoisotopic (exact) mass is 364 g/mol. The molecule has 0 spiro atoms. The van der Waals surface area contributed by atoms with Crippen LogP contribution in [0.2, 0.25) is 0 Å². The summed E-state index contributed by atoms with van der Waals surface area (Å²) < 4.78 is 10.0. The largest absolute Gasteiger partial charge is 0.412 e. The van der Waals surface area contributed by atoms with E-state index in [-0.39, 0.29) is 0 Å². The SMILES string of the molecule is CNC(=O)Oc1ccc(SSc2ccc(OC(=O)NC)cc2)cc1. The summed E-state index contributed by atoms with van der Waals surface area (Å²) in [4.78, 5) is 24.3. The summed E-state index contributed by atoms with van der Waals surface area (Å²) >= 11 is 0. The molecule has 6 nitrogen and oxygen atoms in total. The molecule has 0 radical (unpaired) electrons. The maximum Gasteiger partial charge on any atom is 0.412 e. The molecule has 0 saturated heterocycles. The van der Waals surface area contributed by atoms with E-state index in [0.29, 0.717) is 11.5 Å². The highest BCUT2D eigenvalue weighted by molar-refractivity contribution is 8.76. The van der Waals surface area contributed by atoms with Crippen LogP contribution in [0.3, 0.4) is 0 Å². The van der Waals surface area contributed by atoms with Gasteiger partial charge in [0.1, 0.15) is 11.5 Å². The second-order valence-electron chi connectivity index (χ2n) is 4.39. The van der Waals surface area contributed by atoms with E-state index in [2.05, 4.69) is 10.6 Å². The van der Waals surface area contributed by atoms with Crippen LogP contribution in [-0.4, -0.2) is 26.3 Å². The minimum atomic E-state index is -0.496. The van der Waals surface area contributed by atoms with Gasteiger partial charge in [-0.15, -0.1) is 0 Å². The Labute approximate surface area is 147 Å². The van der Waals surface area contributed by atoms with Crippen LogP contribution in [0.15, 0.2) is 58.3 Å². The second-order valence-corrected chi connectivity index (χ2v) is 6.66. The van der Waals surface area contributed by atoms with Crippen molar-refractivity contribution in [2.75, 3.05) is 14.1 Å². The normalized spacial score (nSPS) is 9.92. The first-order valence-electron chi connectivity index (χ1n) is 6.94. The lowest BCUT2D eigenvalue weighted by Gasteiger charge is -2.06. The van der Waals surface area contributed by atoms with Gasteiger partial charge in [0.2, 0.25) is 0 Å². The van der Waals surface area contributed by atoms with E-state index >= 15 is 0 Å². The fourth-order valence-electron chi connectivity index (χ4n) is 1.54. The fourth-order valence-corrected chi connectivity index (χ4v) is 3.47. The molecule has 126 valence electrons. The van der Waals surface area contributed by atoms with Gasteiger partial charge in [0, 0.05) is 23.9 Å². The Morgan fingerprint density at radius 1 is 0.708 bits per heavy atom. The summed E-state index contributed by atoms with van der Waals surface area (Å²) in [5.74, 6) is 0.971. The van der Waals surface area contributed by atoms with Crippen molar-refractivity contribution in [3.8, 4) is 11.5 Å². The summed E-state index contributed by atoms with van der Waals surface area (Å²) in [7, 11) is 6.16. The van der Waals surface area contributed by atoms with Crippen LogP contribution in [0.5, 0.6) is 11.5 Å². The molecule has 0 heterocycles. The number of carbonyl (C=O) groups excluding carboxylic acids is 2. The van der Waals surface area contributed by atoms with Crippen molar-refractivity contribution in [1.82, 2.24) is 10.6 Å². The van der Waals surface area contributed by atoms with Crippen LogP contribution in [-0.2, 0) is 0 Å². The standard InChI is InChI=1S/C16H16N2O4S2/c1-17-15(19)21-11-3-7-13(8-4-11)23-24-14-9-5-12(6-10-14)22-16(20)18-2/h3-10H,1-2H3,(H,17,19)(H,18,20). The molecule has 2 N–H and O–H groups in total. The first-order valence-corrected chi connectivity index (χ1v) is 9.09. The maximum absolute atomic E-state index is 11.1. The summed E-state index contributed by atoms with van der Waals surface area (Å²) in [6.45, 7) is 0. The van der Waals surface area contributed by atoms with Crippen molar-refractivity contribution in [3.05, 3.63) is 48.5 Å². The molecular weight excluding hydrogens is 348 g/mol. The van der Waals surface area contributed by atoms with E-state index in [9.17, 15) is 9.59 Å². The minimum absolute atomic E-state index is 0.486. The smallest absolute Gasteiger partial charge is 0.410 e. The number of rotatable bonds is 5. The Morgan fingerprint density at radius 2 is 1.04 bits per heavy atom. The van der Waals surface area contributed by atoms with Gasteiger partial charge in [-0.2, -0.15) is 0 Å². The number of nitrogens with one attached hydrogen (secondary N) is 2. The summed E-state index contributed by atoms with van der Waals surface area (Å²) in [6, 6.07) is 14.4. The molecule has 0 aromatic heterocycles. The molecule has 2 aromatic carbocycles. The molecule has 0 fully saturated rings. The topological polar surface area (TPSA) is 76.7 Å². The van der Waals surface area contributed by atoms with Crippen LogP contribution in [0, 0.1) is 0 Å². The Kier molecular flexibility index (Phi) is 6.83. The third-order valence-electron chi connectivity index (χ3n) is 2.71. The van der Waals surface area contributed by atoms with Gasteiger partial charge < -0.3 is 20.1 Å². The Morgan fingerprint density at radius 3 is 1.33 bits per heavy atom. The van der Waals surface area contributed by atoms with Gasteiger partial charge in [-0.25, -0.2) is 9.59 Å². The fraction of sp³-hybridized carbons (Fsp3) is 0.125. The lowest BCUT2D eigenvalue weighted by Crippen LogP contribution is -2.21. The lowest BCUT2D eigenvalue weighted by atomic mass is 10.3. The van der Waals surface area contributed by atoms with Crippen molar-refractivity contribution >= 4 is 33.8 Å². The molecule has 0 aliphatic rings. The molecule has 0 atom stereocenters. The Balaban J connectivity index is 1.86. The highest BCUT2D eigenvalue weighted by atomic mass is 33.1. The summed E-state index contributed by atoms with van der Waals surface area (Å²) in [5.41, 5.74) is 0. The Bertz CT molecular complexity index is 629. The van der Waals surface area contributed by atoms with E-state index in [0.717, 1.165) is 9.79 Å². The maximum atomic E-state index is 11.1. The van der Waals surface area contributed by atoms with Crippen LogP contribution in [0.4, 0.5) is 9.59 Å². The molecule has 24 heavy (non-hydrogen) atoms. The van der Waals surface area contributed by atoms with Crippen LogP contribution in [0.25, 0.3) is 0 Å². The van der Waals surface area contributed by atoms with Gasteiger partial charge >= 0.3 is 12.2 Å². The van der Waals surface area contributed by atoms with Crippen molar-refractivity contribution in [2.24, 2.45) is 0 Å². The van der Waals surface area contributed by atoms with Crippen molar-refractivity contribution in [2.45, 2.75) is 9.79 Å². The van der Waals surface area contributed by atoms with Crippen molar-refractivity contribution < 1.29 is 19.1 Å². The van der Waals surface area contributed by atoms with Gasteiger partial charge in [0.05, 0.1) is 0 Å². The Hall–Kier alpha value is -2.32.